The molecule has 6 heteroatoms. The van der Waals surface area contributed by atoms with Gasteiger partial charge in [0.1, 0.15) is 11.3 Å². The van der Waals surface area contributed by atoms with E-state index in [1.165, 1.54) is 13.2 Å². The highest BCUT2D eigenvalue weighted by Crippen LogP contribution is 2.22. The van der Waals surface area contributed by atoms with Gasteiger partial charge in [-0.1, -0.05) is 18.2 Å². The molecule has 0 atom stereocenters. The van der Waals surface area contributed by atoms with E-state index in [1.54, 1.807) is 45.0 Å². The van der Waals surface area contributed by atoms with Crippen LogP contribution in [0, 0.1) is 0 Å². The van der Waals surface area contributed by atoms with Crippen molar-refractivity contribution in [3.63, 3.8) is 0 Å². The third kappa shape index (κ3) is 5.47. The van der Waals surface area contributed by atoms with Gasteiger partial charge in [0.05, 0.1) is 13.7 Å². The highest BCUT2D eigenvalue weighted by Gasteiger charge is 2.29. The van der Waals surface area contributed by atoms with Crippen molar-refractivity contribution < 1.29 is 28.5 Å². The quantitative estimate of drug-likeness (QED) is 0.215. The normalized spacial score (nSPS) is 11.5. The van der Waals surface area contributed by atoms with Crippen molar-refractivity contribution in [1.29, 1.82) is 0 Å². The number of carbonyl (C=O) groups excluding carboxylic acids is 2. The molecule has 0 fully saturated rings. The second kappa shape index (κ2) is 10.6. The summed E-state index contributed by atoms with van der Waals surface area (Å²) < 4.78 is 20.8. The zero-order valence-electron chi connectivity index (χ0n) is 14.5. The Bertz CT molecular complexity index is 573. The topological polar surface area (TPSA) is 71.1 Å². The molecule has 0 aliphatic heterocycles. The first kappa shape index (κ1) is 19.9. The van der Waals surface area contributed by atoms with Gasteiger partial charge in [-0.3, -0.25) is 4.79 Å². The number of ketones is 1. The van der Waals surface area contributed by atoms with E-state index in [1.807, 2.05) is 0 Å². The number of hydrogen-bond donors (Lipinski definition) is 0. The number of hydrogen-bond acceptors (Lipinski definition) is 6. The van der Waals surface area contributed by atoms with Crippen LogP contribution in [0.3, 0.4) is 0 Å². The molecule has 1 aromatic carbocycles. The van der Waals surface area contributed by atoms with Crippen molar-refractivity contribution in [1.82, 2.24) is 0 Å². The number of ether oxygens (including phenoxy) is 4. The molecule has 0 radical (unpaired) electrons. The molecule has 0 aliphatic carbocycles. The maximum Gasteiger partial charge on any atom is 0.341 e. The van der Waals surface area contributed by atoms with Crippen LogP contribution in [-0.2, 0) is 23.8 Å². The maximum atomic E-state index is 12.7. The molecule has 1 rings (SSSR count). The Morgan fingerprint density at radius 1 is 1.04 bits per heavy atom. The molecule has 0 spiro atoms. The van der Waals surface area contributed by atoms with E-state index >= 15 is 0 Å². The third-order valence-corrected chi connectivity index (χ3v) is 3.05. The molecule has 6 nitrogen and oxygen atoms in total. The van der Waals surface area contributed by atoms with E-state index in [0.717, 1.165) is 0 Å². The molecule has 0 amide bonds. The van der Waals surface area contributed by atoms with E-state index in [0.29, 0.717) is 11.3 Å². The number of carbonyl (C=O) groups is 2. The molecule has 0 saturated carbocycles. The number of esters is 1. The van der Waals surface area contributed by atoms with Gasteiger partial charge in [-0.25, -0.2) is 4.79 Å². The Labute approximate surface area is 142 Å². The van der Waals surface area contributed by atoms with Gasteiger partial charge in [-0.15, -0.1) is 0 Å². The van der Waals surface area contributed by atoms with Crippen molar-refractivity contribution in [3.05, 3.63) is 35.4 Å². The van der Waals surface area contributed by atoms with Gasteiger partial charge >= 0.3 is 5.97 Å². The number of benzene rings is 1. The number of methoxy groups -OCH3 is 1. The van der Waals surface area contributed by atoms with Crippen molar-refractivity contribution in [2.24, 2.45) is 0 Å². The fourth-order valence-corrected chi connectivity index (χ4v) is 2.01. The highest BCUT2D eigenvalue weighted by molar-refractivity contribution is 6.22. The summed E-state index contributed by atoms with van der Waals surface area (Å²) in [6, 6.07) is 7.05. The Hall–Kier alpha value is -2.18. The van der Waals surface area contributed by atoms with Crippen molar-refractivity contribution in [2.45, 2.75) is 27.1 Å². The first-order valence-corrected chi connectivity index (χ1v) is 7.88. The molecule has 0 unspecified atom stereocenters. The largest absolute Gasteiger partial charge is 0.496 e. The van der Waals surface area contributed by atoms with Crippen LogP contribution in [0.5, 0.6) is 5.75 Å². The number of Topliss-reactive ketones (excluding diaryl/α,β-unsaturated/α-hetero) is 1. The molecular formula is C18H24O6. The lowest BCUT2D eigenvalue weighted by Crippen LogP contribution is -2.32. The van der Waals surface area contributed by atoms with Gasteiger partial charge in [0.25, 0.3) is 0 Å². The zero-order valence-corrected chi connectivity index (χ0v) is 14.5. The fraction of sp³-hybridized carbons (Fsp3) is 0.444. The Balaban J connectivity index is 3.27. The third-order valence-electron chi connectivity index (χ3n) is 3.05. The molecule has 0 saturated heterocycles. The summed E-state index contributed by atoms with van der Waals surface area (Å²) in [5.74, 6) is -0.766. The van der Waals surface area contributed by atoms with Gasteiger partial charge in [-0.05, 0) is 32.9 Å². The highest BCUT2D eigenvalue weighted by atomic mass is 16.7. The first-order valence-electron chi connectivity index (χ1n) is 7.88. The summed E-state index contributed by atoms with van der Waals surface area (Å²) in [7, 11) is 1.52. The number of rotatable bonds is 10. The maximum absolute atomic E-state index is 12.7. The van der Waals surface area contributed by atoms with Gasteiger partial charge < -0.3 is 18.9 Å². The standard InChI is InChI=1S/C18H24O6/c1-5-22-17(20)14(16(19)18(23-6-2)24-7-3)12-13-10-8-9-11-15(13)21-4/h8-12,18H,5-7H2,1-4H3/b14-12-. The average molecular weight is 336 g/mol. The molecule has 0 aromatic heterocycles. The van der Waals surface area contributed by atoms with E-state index in [2.05, 4.69) is 0 Å². The zero-order chi connectivity index (χ0) is 17.9. The average Bonchev–Trinajstić information content (AvgIpc) is 2.59. The van der Waals surface area contributed by atoms with E-state index in [-0.39, 0.29) is 25.4 Å². The van der Waals surface area contributed by atoms with E-state index in [9.17, 15) is 9.59 Å². The first-order chi connectivity index (χ1) is 11.6. The molecular weight excluding hydrogens is 312 g/mol. The second-order valence-electron chi connectivity index (χ2n) is 4.63. The van der Waals surface area contributed by atoms with Crippen molar-refractivity contribution in [3.8, 4) is 5.75 Å². The lowest BCUT2D eigenvalue weighted by atomic mass is 10.1. The predicted molar refractivity (Wildman–Crippen MR) is 89.7 cm³/mol. The molecule has 24 heavy (non-hydrogen) atoms. The molecule has 0 heterocycles. The van der Waals surface area contributed by atoms with Crippen LogP contribution in [-0.4, -0.2) is 45.0 Å². The minimum absolute atomic E-state index is 0.145. The minimum Gasteiger partial charge on any atom is -0.496 e. The summed E-state index contributed by atoms with van der Waals surface area (Å²) >= 11 is 0. The van der Waals surface area contributed by atoms with Crippen LogP contribution in [0.15, 0.2) is 29.8 Å². The van der Waals surface area contributed by atoms with Gasteiger partial charge in [-0.2, -0.15) is 0 Å². The molecule has 1 aromatic rings. The van der Waals surface area contributed by atoms with Gasteiger partial charge in [0.2, 0.25) is 12.1 Å². The Kier molecular flexibility index (Phi) is 8.75. The summed E-state index contributed by atoms with van der Waals surface area (Å²) in [4.78, 5) is 24.9. The SMILES string of the molecule is CCOC(=O)/C(=C\c1ccccc1OC)C(=O)C(OCC)OCC. The fourth-order valence-electron chi connectivity index (χ4n) is 2.01. The minimum atomic E-state index is -1.15. The summed E-state index contributed by atoms with van der Waals surface area (Å²) in [6.07, 6.45) is 0.287. The van der Waals surface area contributed by atoms with Crippen LogP contribution >= 0.6 is 0 Å². The van der Waals surface area contributed by atoms with Gasteiger partial charge in [0.15, 0.2) is 0 Å². The molecule has 132 valence electrons. The van der Waals surface area contributed by atoms with Crippen LogP contribution in [0.25, 0.3) is 6.08 Å². The number of para-hydroxylation sites is 1. The molecule has 0 N–H and O–H groups in total. The Morgan fingerprint density at radius 2 is 1.67 bits per heavy atom. The smallest absolute Gasteiger partial charge is 0.341 e. The Morgan fingerprint density at radius 3 is 2.21 bits per heavy atom. The van der Waals surface area contributed by atoms with Crippen LogP contribution in [0.2, 0.25) is 0 Å². The van der Waals surface area contributed by atoms with Crippen LogP contribution in [0.4, 0.5) is 0 Å². The van der Waals surface area contributed by atoms with Crippen molar-refractivity contribution in [2.75, 3.05) is 26.9 Å². The van der Waals surface area contributed by atoms with Crippen molar-refractivity contribution >= 4 is 17.8 Å². The predicted octanol–water partition coefficient (Wildman–Crippen LogP) is 2.61. The summed E-state index contributed by atoms with van der Waals surface area (Å²) in [5.41, 5.74) is 0.441. The van der Waals surface area contributed by atoms with Crippen LogP contribution < -0.4 is 4.74 Å². The molecule has 0 bridgehead atoms. The molecule has 0 aliphatic rings. The van der Waals surface area contributed by atoms with E-state index < -0.39 is 18.0 Å². The van der Waals surface area contributed by atoms with Gasteiger partial charge in [0, 0.05) is 18.8 Å². The summed E-state index contributed by atoms with van der Waals surface area (Å²) in [5, 5.41) is 0. The van der Waals surface area contributed by atoms with E-state index in [4.69, 9.17) is 18.9 Å². The van der Waals surface area contributed by atoms with Crippen LogP contribution in [0.1, 0.15) is 26.3 Å². The monoisotopic (exact) mass is 336 g/mol. The summed E-state index contributed by atoms with van der Waals surface area (Å²) in [6.45, 7) is 5.87. The second-order valence-corrected chi connectivity index (χ2v) is 4.63. The lowest BCUT2D eigenvalue weighted by molar-refractivity contribution is -0.165. The lowest BCUT2D eigenvalue weighted by Gasteiger charge is -2.17.